The van der Waals surface area contributed by atoms with Crippen LogP contribution in [0.2, 0.25) is 0 Å². The molecule has 59 heavy (non-hydrogen) atoms. The standard InChI is InChI=1S/C39H70N6O6S.C7H8.2H2/c1-14-26(8)35(44(11)39(49)33(24(4)5)42-38(48)34(25(6)7)43(10)28(15-2)16-3)30(50-12)22-32(46)45-20-17-18-29(45)36(51-13)27(9)37(47)41-23-31-40-19-21-52-31;1-7-5-3-2-4-6-7;;/h19,21,24-30,33-36H,14-18,20,22-23H2,1-13H3,(H,41,47)(H,42,48);2-6H,1H3;2*1H/t26-,27+,29-,30+,33-,34-,35-,36+;;;/m0.../s1. The zero-order valence-corrected chi connectivity index (χ0v) is 39.5. The molecule has 0 saturated carbocycles. The Morgan fingerprint density at radius 1 is 0.932 bits per heavy atom. The molecule has 2 aromatic rings. The van der Waals surface area contributed by atoms with Crippen molar-refractivity contribution >= 4 is 35.0 Å². The van der Waals surface area contributed by atoms with Gasteiger partial charge in [0, 0.05) is 48.3 Å². The lowest BCUT2D eigenvalue weighted by Gasteiger charge is -2.41. The normalized spacial score (nSPS) is 17.8. The van der Waals surface area contributed by atoms with Crippen LogP contribution in [0.4, 0.5) is 0 Å². The number of ether oxygens (including phenoxy) is 2. The minimum Gasteiger partial charge on any atom is -0.379 e. The smallest absolute Gasteiger partial charge is 0.245 e. The maximum absolute atomic E-state index is 14.4. The first kappa shape index (κ1) is 51.8. The molecule has 13 heteroatoms. The fourth-order valence-corrected chi connectivity index (χ4v) is 9.08. The second kappa shape index (κ2) is 26.1. The van der Waals surface area contributed by atoms with Gasteiger partial charge in [-0.1, -0.05) is 105 Å². The lowest BCUT2D eigenvalue weighted by Crippen LogP contribution is -2.60. The average molecular weight is 847 g/mol. The van der Waals surface area contributed by atoms with Crippen LogP contribution in [0, 0.1) is 30.6 Å². The van der Waals surface area contributed by atoms with E-state index in [1.807, 2.05) is 70.1 Å². The van der Waals surface area contributed by atoms with E-state index in [4.69, 9.17) is 9.47 Å². The van der Waals surface area contributed by atoms with E-state index < -0.39 is 30.2 Å². The largest absolute Gasteiger partial charge is 0.379 e. The summed E-state index contributed by atoms with van der Waals surface area (Å²) in [4.78, 5) is 65.5. The van der Waals surface area contributed by atoms with Gasteiger partial charge in [0.1, 0.15) is 11.0 Å². The van der Waals surface area contributed by atoms with Crippen molar-refractivity contribution in [2.75, 3.05) is 34.9 Å². The zero-order chi connectivity index (χ0) is 44.4. The van der Waals surface area contributed by atoms with Crippen LogP contribution < -0.4 is 10.6 Å². The molecule has 0 bridgehead atoms. The molecule has 1 fully saturated rings. The van der Waals surface area contributed by atoms with E-state index in [0.717, 1.165) is 37.1 Å². The minimum atomic E-state index is -0.748. The van der Waals surface area contributed by atoms with Crippen molar-refractivity contribution in [2.45, 2.75) is 157 Å². The van der Waals surface area contributed by atoms with Crippen LogP contribution in [-0.4, -0.2) is 121 Å². The highest BCUT2D eigenvalue weighted by molar-refractivity contribution is 7.09. The third kappa shape index (κ3) is 14.9. The summed E-state index contributed by atoms with van der Waals surface area (Å²) >= 11 is 1.48. The van der Waals surface area contributed by atoms with Crippen LogP contribution >= 0.6 is 11.3 Å². The van der Waals surface area contributed by atoms with Crippen molar-refractivity contribution in [1.29, 1.82) is 0 Å². The summed E-state index contributed by atoms with van der Waals surface area (Å²) in [5, 5.41) is 8.79. The van der Waals surface area contributed by atoms with Crippen molar-refractivity contribution in [2.24, 2.45) is 23.7 Å². The number of aromatic nitrogens is 1. The monoisotopic (exact) mass is 847 g/mol. The van der Waals surface area contributed by atoms with Crippen LogP contribution in [0.5, 0.6) is 0 Å². The quantitative estimate of drug-likeness (QED) is 0.125. The fraction of sp³-hybridized carbons (Fsp3) is 0.717. The number of amides is 4. The van der Waals surface area contributed by atoms with Crippen LogP contribution in [-0.2, 0) is 35.2 Å². The number of nitrogens with zero attached hydrogens (tertiary/aromatic N) is 4. The van der Waals surface area contributed by atoms with Crippen molar-refractivity contribution in [3.8, 4) is 0 Å². The molecule has 4 amide bonds. The summed E-state index contributed by atoms with van der Waals surface area (Å²) in [5.41, 5.74) is 1.32. The van der Waals surface area contributed by atoms with Gasteiger partial charge in [-0.2, -0.15) is 0 Å². The number of nitrogens with one attached hydrogen (secondary N) is 2. The highest BCUT2D eigenvalue weighted by Crippen LogP contribution is 2.30. The number of rotatable bonds is 22. The van der Waals surface area contributed by atoms with Crippen LogP contribution in [0.3, 0.4) is 0 Å². The summed E-state index contributed by atoms with van der Waals surface area (Å²) in [6.07, 6.45) is 4.83. The molecule has 2 N–H and O–H groups in total. The molecule has 1 aromatic heterocycles. The number of hydrogen-bond donors (Lipinski definition) is 2. The van der Waals surface area contributed by atoms with Gasteiger partial charge in [0.2, 0.25) is 23.6 Å². The predicted octanol–water partition coefficient (Wildman–Crippen LogP) is 7.45. The van der Waals surface area contributed by atoms with Gasteiger partial charge in [0.25, 0.3) is 0 Å². The second-order valence-electron chi connectivity index (χ2n) is 16.9. The third-order valence-corrected chi connectivity index (χ3v) is 13.0. The number of methoxy groups -OCH3 is 2. The van der Waals surface area contributed by atoms with Crippen molar-refractivity contribution < 1.29 is 31.5 Å². The number of likely N-dealkylation sites (tertiary alicyclic amines) is 1. The predicted molar refractivity (Wildman–Crippen MR) is 243 cm³/mol. The Hall–Kier alpha value is -3.39. The summed E-state index contributed by atoms with van der Waals surface area (Å²) in [5.74, 6) is -1.21. The van der Waals surface area contributed by atoms with Gasteiger partial charge < -0.3 is 29.9 Å². The van der Waals surface area contributed by atoms with Gasteiger partial charge in [0.15, 0.2) is 0 Å². The van der Waals surface area contributed by atoms with E-state index in [2.05, 4.69) is 67.3 Å². The first-order valence-corrected chi connectivity index (χ1v) is 22.7. The molecule has 0 unspecified atom stereocenters. The topological polar surface area (TPSA) is 133 Å². The Morgan fingerprint density at radius 2 is 1.58 bits per heavy atom. The molecular formula is C46H82N6O6S. The summed E-state index contributed by atoms with van der Waals surface area (Å²) in [6, 6.07) is 8.69. The Labute approximate surface area is 363 Å². The Bertz CT molecular complexity index is 1540. The number of aryl methyl sites for hydroxylation is 1. The number of carbonyl (C=O) groups is 4. The molecule has 0 spiro atoms. The molecule has 1 aromatic carbocycles. The molecule has 12 nitrogen and oxygen atoms in total. The summed E-state index contributed by atoms with van der Waals surface area (Å²) in [6.45, 7) is 21.2. The average Bonchev–Trinajstić information content (AvgIpc) is 3.92. The first-order valence-electron chi connectivity index (χ1n) is 21.8. The Balaban J connectivity index is 0.00000361. The van der Waals surface area contributed by atoms with Crippen LogP contribution in [0.1, 0.15) is 114 Å². The lowest BCUT2D eigenvalue weighted by molar-refractivity contribution is -0.148. The van der Waals surface area contributed by atoms with E-state index in [0.29, 0.717) is 13.1 Å². The van der Waals surface area contributed by atoms with Gasteiger partial charge in [-0.3, -0.25) is 24.1 Å². The summed E-state index contributed by atoms with van der Waals surface area (Å²) < 4.78 is 12.0. The lowest BCUT2D eigenvalue weighted by atomic mass is 9.89. The second-order valence-corrected chi connectivity index (χ2v) is 17.9. The molecule has 0 radical (unpaired) electrons. The number of likely N-dealkylation sites (N-methyl/N-ethyl adjacent to an activating group) is 2. The van der Waals surface area contributed by atoms with Gasteiger partial charge in [-0.15, -0.1) is 11.3 Å². The number of hydrogen-bond acceptors (Lipinski definition) is 9. The van der Waals surface area contributed by atoms with E-state index >= 15 is 0 Å². The third-order valence-electron chi connectivity index (χ3n) is 12.2. The van der Waals surface area contributed by atoms with E-state index in [1.165, 1.54) is 16.9 Å². The molecule has 3 rings (SSSR count). The highest BCUT2D eigenvalue weighted by atomic mass is 32.1. The van der Waals surface area contributed by atoms with Gasteiger partial charge in [-0.25, -0.2) is 4.98 Å². The molecule has 2 heterocycles. The molecule has 8 atom stereocenters. The van der Waals surface area contributed by atoms with Crippen molar-refractivity contribution in [1.82, 2.24) is 30.3 Å². The number of benzene rings is 1. The maximum Gasteiger partial charge on any atom is 0.245 e. The molecule has 1 aliphatic heterocycles. The van der Waals surface area contributed by atoms with E-state index in [9.17, 15) is 19.2 Å². The van der Waals surface area contributed by atoms with E-state index in [1.54, 1.807) is 32.4 Å². The minimum absolute atomic E-state index is 0. The van der Waals surface area contributed by atoms with Crippen LogP contribution in [0.15, 0.2) is 41.9 Å². The first-order chi connectivity index (χ1) is 28.0. The van der Waals surface area contributed by atoms with Gasteiger partial charge in [-0.05, 0) is 57.4 Å². The molecular weight excluding hydrogens is 765 g/mol. The fourth-order valence-electron chi connectivity index (χ4n) is 8.53. The molecule has 0 aliphatic carbocycles. The maximum atomic E-state index is 14.4. The highest BCUT2D eigenvalue weighted by Gasteiger charge is 2.43. The van der Waals surface area contributed by atoms with E-state index in [-0.39, 0.29) is 68.8 Å². The van der Waals surface area contributed by atoms with Gasteiger partial charge >= 0.3 is 0 Å². The molecule has 1 saturated heterocycles. The number of thiazole rings is 1. The van der Waals surface area contributed by atoms with Crippen LogP contribution in [0.25, 0.3) is 0 Å². The Kier molecular flexibility index (Phi) is 22.9. The van der Waals surface area contributed by atoms with Crippen molar-refractivity contribution in [3.63, 3.8) is 0 Å². The Morgan fingerprint density at radius 3 is 2.05 bits per heavy atom. The molecule has 1 aliphatic rings. The van der Waals surface area contributed by atoms with Gasteiger partial charge in [0.05, 0.1) is 49.2 Å². The number of carbonyl (C=O) groups excluding carboxylic acids is 4. The molecule has 338 valence electrons. The summed E-state index contributed by atoms with van der Waals surface area (Å²) in [7, 11) is 6.94. The van der Waals surface area contributed by atoms with Crippen molar-refractivity contribution in [3.05, 3.63) is 52.5 Å². The zero-order valence-electron chi connectivity index (χ0n) is 38.7. The SMILES string of the molecule is CCC(CC)N(C)[C@H](C(=O)N[C@H](C(=O)N(C)[C@@H]([C@@H](C)CC)[C@@H](CC(=O)N1CCC[C@H]1[C@H](OC)[C@@H](C)C(=O)NCc1nccs1)OC)C(C)C)C(C)C.Cc1ccccc1.[HH].[HH].